The van der Waals surface area contributed by atoms with Crippen molar-refractivity contribution in [3.63, 3.8) is 0 Å². The van der Waals surface area contributed by atoms with E-state index in [-0.39, 0.29) is 6.61 Å². The standard InChI is InChI=1S/C10H14O2S/c1-13-9-4-2-8(3-5-9)10(12)6-7-11/h2-5,10-12H,6-7H2,1H3. The highest BCUT2D eigenvalue weighted by molar-refractivity contribution is 7.98. The van der Waals surface area contributed by atoms with Crippen LogP contribution in [-0.4, -0.2) is 23.1 Å². The Kier molecular flexibility index (Phi) is 4.28. The van der Waals surface area contributed by atoms with Crippen molar-refractivity contribution in [3.8, 4) is 0 Å². The molecule has 1 atom stereocenters. The average Bonchev–Trinajstić information content (AvgIpc) is 2.18. The van der Waals surface area contributed by atoms with Gasteiger partial charge in [0.25, 0.3) is 0 Å². The van der Waals surface area contributed by atoms with Crippen molar-refractivity contribution in [2.45, 2.75) is 17.4 Å². The summed E-state index contributed by atoms with van der Waals surface area (Å²) in [5.74, 6) is 0. The molecule has 0 amide bonds. The summed E-state index contributed by atoms with van der Waals surface area (Å²) in [6, 6.07) is 7.74. The Balaban J connectivity index is 2.67. The third-order valence-corrected chi connectivity index (χ3v) is 2.65. The number of rotatable bonds is 4. The molecule has 2 nitrogen and oxygen atoms in total. The SMILES string of the molecule is CSc1ccc(C(O)CCO)cc1. The topological polar surface area (TPSA) is 40.5 Å². The first-order valence-corrected chi connectivity index (χ1v) is 5.43. The van der Waals surface area contributed by atoms with Crippen LogP contribution >= 0.6 is 11.8 Å². The minimum atomic E-state index is -0.541. The minimum absolute atomic E-state index is 0.0193. The molecule has 0 spiro atoms. The van der Waals surface area contributed by atoms with Crippen LogP contribution in [0.15, 0.2) is 29.2 Å². The lowest BCUT2D eigenvalue weighted by molar-refractivity contribution is 0.134. The van der Waals surface area contributed by atoms with Gasteiger partial charge in [-0.25, -0.2) is 0 Å². The summed E-state index contributed by atoms with van der Waals surface area (Å²) >= 11 is 1.67. The molecule has 1 unspecified atom stereocenters. The van der Waals surface area contributed by atoms with Crippen LogP contribution in [0.3, 0.4) is 0 Å². The maximum atomic E-state index is 9.52. The molecule has 0 saturated carbocycles. The number of hydrogen-bond acceptors (Lipinski definition) is 3. The fraction of sp³-hybridized carbons (Fsp3) is 0.400. The van der Waals surface area contributed by atoms with Gasteiger partial charge in [0, 0.05) is 17.9 Å². The van der Waals surface area contributed by atoms with Crippen molar-refractivity contribution in [2.24, 2.45) is 0 Å². The van der Waals surface area contributed by atoms with Gasteiger partial charge in [-0.2, -0.15) is 0 Å². The van der Waals surface area contributed by atoms with Crippen LogP contribution in [0.1, 0.15) is 18.1 Å². The molecule has 13 heavy (non-hydrogen) atoms. The Morgan fingerprint density at radius 3 is 2.38 bits per heavy atom. The van der Waals surface area contributed by atoms with Gasteiger partial charge in [-0.3, -0.25) is 0 Å². The third kappa shape index (κ3) is 3.03. The van der Waals surface area contributed by atoms with Crippen LogP contribution in [0.5, 0.6) is 0 Å². The summed E-state index contributed by atoms with van der Waals surface area (Å²) in [7, 11) is 0. The fourth-order valence-corrected chi connectivity index (χ4v) is 1.52. The molecule has 1 aromatic rings. The van der Waals surface area contributed by atoms with Gasteiger partial charge >= 0.3 is 0 Å². The molecule has 2 N–H and O–H groups in total. The molecule has 0 aliphatic rings. The van der Waals surface area contributed by atoms with E-state index in [0.717, 1.165) is 5.56 Å². The lowest BCUT2D eigenvalue weighted by Gasteiger charge is -2.09. The van der Waals surface area contributed by atoms with E-state index < -0.39 is 6.10 Å². The lowest BCUT2D eigenvalue weighted by atomic mass is 10.1. The Bertz CT molecular complexity index is 246. The fourth-order valence-electron chi connectivity index (χ4n) is 1.12. The van der Waals surface area contributed by atoms with E-state index in [9.17, 15) is 5.11 Å². The first-order chi connectivity index (χ1) is 6.27. The van der Waals surface area contributed by atoms with Gasteiger partial charge in [0.1, 0.15) is 0 Å². The number of thioether (sulfide) groups is 1. The molecular formula is C10H14O2S. The number of aliphatic hydroxyl groups excluding tert-OH is 2. The first kappa shape index (κ1) is 10.6. The number of aliphatic hydroxyl groups is 2. The second kappa shape index (κ2) is 5.27. The van der Waals surface area contributed by atoms with Crippen LogP contribution in [0, 0.1) is 0 Å². The van der Waals surface area contributed by atoms with Crippen molar-refractivity contribution in [1.29, 1.82) is 0 Å². The minimum Gasteiger partial charge on any atom is -0.396 e. The zero-order chi connectivity index (χ0) is 9.68. The van der Waals surface area contributed by atoms with Crippen molar-refractivity contribution in [3.05, 3.63) is 29.8 Å². The zero-order valence-electron chi connectivity index (χ0n) is 7.60. The predicted molar refractivity (Wildman–Crippen MR) is 54.9 cm³/mol. The van der Waals surface area contributed by atoms with E-state index in [2.05, 4.69) is 0 Å². The summed E-state index contributed by atoms with van der Waals surface area (Å²) in [4.78, 5) is 1.18. The molecule has 0 aliphatic heterocycles. The molecule has 1 aromatic carbocycles. The summed E-state index contributed by atoms with van der Waals surface area (Å²) in [5.41, 5.74) is 0.867. The summed E-state index contributed by atoms with van der Waals surface area (Å²) in [5, 5.41) is 18.2. The van der Waals surface area contributed by atoms with Crippen LogP contribution in [0.4, 0.5) is 0 Å². The quantitative estimate of drug-likeness (QED) is 0.725. The molecule has 0 aliphatic carbocycles. The Labute approximate surface area is 82.6 Å². The maximum Gasteiger partial charge on any atom is 0.0811 e. The van der Waals surface area contributed by atoms with Crippen molar-refractivity contribution in [1.82, 2.24) is 0 Å². The Morgan fingerprint density at radius 1 is 1.31 bits per heavy atom. The molecule has 3 heteroatoms. The van der Waals surface area contributed by atoms with Gasteiger partial charge in [0.05, 0.1) is 6.10 Å². The molecule has 1 rings (SSSR count). The molecule has 0 fully saturated rings. The smallest absolute Gasteiger partial charge is 0.0811 e. The second-order valence-electron chi connectivity index (χ2n) is 2.80. The molecule has 0 saturated heterocycles. The van der Waals surface area contributed by atoms with Gasteiger partial charge in [-0.1, -0.05) is 12.1 Å². The van der Waals surface area contributed by atoms with Gasteiger partial charge in [0.15, 0.2) is 0 Å². The molecule has 72 valence electrons. The van der Waals surface area contributed by atoms with Crippen LogP contribution in [0.2, 0.25) is 0 Å². The van der Waals surface area contributed by atoms with E-state index in [1.165, 1.54) is 4.90 Å². The van der Waals surface area contributed by atoms with Crippen LogP contribution in [0.25, 0.3) is 0 Å². The summed E-state index contributed by atoms with van der Waals surface area (Å²) in [6.07, 6.45) is 1.87. The highest BCUT2D eigenvalue weighted by atomic mass is 32.2. The molecule has 0 heterocycles. The third-order valence-electron chi connectivity index (χ3n) is 1.90. The van der Waals surface area contributed by atoms with Crippen LogP contribution < -0.4 is 0 Å². The lowest BCUT2D eigenvalue weighted by Crippen LogP contribution is -1.99. The van der Waals surface area contributed by atoms with E-state index in [1.807, 2.05) is 30.5 Å². The zero-order valence-corrected chi connectivity index (χ0v) is 8.42. The summed E-state index contributed by atoms with van der Waals surface area (Å²) in [6.45, 7) is 0.0193. The number of benzene rings is 1. The van der Waals surface area contributed by atoms with Crippen molar-refractivity contribution < 1.29 is 10.2 Å². The Morgan fingerprint density at radius 2 is 1.92 bits per heavy atom. The highest BCUT2D eigenvalue weighted by Gasteiger charge is 2.05. The van der Waals surface area contributed by atoms with Crippen molar-refractivity contribution >= 4 is 11.8 Å². The monoisotopic (exact) mass is 198 g/mol. The molecule has 0 aromatic heterocycles. The average molecular weight is 198 g/mol. The van der Waals surface area contributed by atoms with Gasteiger partial charge in [0.2, 0.25) is 0 Å². The van der Waals surface area contributed by atoms with Crippen molar-refractivity contribution in [2.75, 3.05) is 12.9 Å². The molecule has 0 bridgehead atoms. The van der Waals surface area contributed by atoms with Gasteiger partial charge < -0.3 is 10.2 Å². The highest BCUT2D eigenvalue weighted by Crippen LogP contribution is 2.20. The van der Waals surface area contributed by atoms with E-state index in [4.69, 9.17) is 5.11 Å². The van der Waals surface area contributed by atoms with Gasteiger partial charge in [-0.05, 0) is 24.0 Å². The van der Waals surface area contributed by atoms with E-state index in [0.29, 0.717) is 6.42 Å². The van der Waals surface area contributed by atoms with E-state index in [1.54, 1.807) is 11.8 Å². The second-order valence-corrected chi connectivity index (χ2v) is 3.68. The van der Waals surface area contributed by atoms with E-state index >= 15 is 0 Å². The molecule has 0 radical (unpaired) electrons. The summed E-state index contributed by atoms with van der Waals surface area (Å²) < 4.78 is 0. The van der Waals surface area contributed by atoms with Crippen LogP contribution in [-0.2, 0) is 0 Å². The largest absolute Gasteiger partial charge is 0.396 e. The molecular weight excluding hydrogens is 184 g/mol. The van der Waals surface area contributed by atoms with Gasteiger partial charge in [-0.15, -0.1) is 11.8 Å². The predicted octanol–water partition coefficient (Wildman–Crippen LogP) is 1.82. The Hall–Kier alpha value is -0.510. The first-order valence-electron chi connectivity index (χ1n) is 4.21. The normalized spacial score (nSPS) is 12.8. The maximum absolute atomic E-state index is 9.52. The number of hydrogen-bond donors (Lipinski definition) is 2.